The van der Waals surface area contributed by atoms with Gasteiger partial charge < -0.3 is 4.74 Å². The maximum atomic E-state index is 11.8. The van der Waals surface area contributed by atoms with Crippen molar-refractivity contribution in [3.63, 3.8) is 0 Å². The highest BCUT2D eigenvalue weighted by atomic mass is 35.5. The Morgan fingerprint density at radius 1 is 1.04 bits per heavy atom. The second-order valence-corrected chi connectivity index (χ2v) is 9.09. The third kappa shape index (κ3) is 4.91. The van der Waals surface area contributed by atoms with Gasteiger partial charge in [0, 0.05) is 29.5 Å². The average molecular weight is 416 g/mol. The molecule has 146 valence electrons. The number of benzene rings is 2. The molecule has 0 N–H and O–H groups in total. The summed E-state index contributed by atoms with van der Waals surface area (Å²) in [6.45, 7) is 0. The molecule has 0 spiro atoms. The fourth-order valence-corrected chi connectivity index (χ4v) is 4.10. The Kier molecular flexibility index (Phi) is 6.37. The van der Waals surface area contributed by atoms with Gasteiger partial charge in [0.05, 0.1) is 12.0 Å². The zero-order valence-electron chi connectivity index (χ0n) is 15.8. The maximum absolute atomic E-state index is 11.8. The minimum Gasteiger partial charge on any atom is -0.481 e. The summed E-state index contributed by atoms with van der Waals surface area (Å²) >= 11 is 6.47. The number of rotatable bonds is 7. The molecule has 4 nitrogen and oxygen atoms in total. The van der Waals surface area contributed by atoms with E-state index in [-0.39, 0.29) is 5.92 Å². The molecule has 1 heterocycles. The van der Waals surface area contributed by atoms with Crippen molar-refractivity contribution >= 4 is 21.4 Å². The van der Waals surface area contributed by atoms with Gasteiger partial charge in [0.1, 0.15) is 0 Å². The molecule has 0 saturated carbocycles. The van der Waals surface area contributed by atoms with E-state index >= 15 is 0 Å². The van der Waals surface area contributed by atoms with Gasteiger partial charge in [-0.3, -0.25) is 0 Å². The molecule has 2 aromatic carbocycles. The van der Waals surface area contributed by atoms with Gasteiger partial charge in [-0.05, 0) is 47.7 Å². The second kappa shape index (κ2) is 8.76. The number of aryl methyl sites for hydroxylation is 1. The zero-order chi connectivity index (χ0) is 20.1. The van der Waals surface area contributed by atoms with Crippen LogP contribution in [0.2, 0.25) is 5.02 Å². The van der Waals surface area contributed by atoms with Crippen LogP contribution in [0.3, 0.4) is 0 Å². The molecular weight excluding hydrogens is 394 g/mol. The van der Waals surface area contributed by atoms with Crippen molar-refractivity contribution in [3.05, 3.63) is 88.6 Å². The van der Waals surface area contributed by atoms with E-state index < -0.39 is 9.84 Å². The SMILES string of the molecule is COc1ccc(CCC(c2ccc(S(C)(=O)=O)cc2)c2ccccc2Cl)cn1. The number of pyridine rings is 1. The lowest BCUT2D eigenvalue weighted by Gasteiger charge is -2.20. The fourth-order valence-electron chi connectivity index (χ4n) is 3.20. The monoisotopic (exact) mass is 415 g/mol. The van der Waals surface area contributed by atoms with Crippen molar-refractivity contribution in [1.82, 2.24) is 4.98 Å². The summed E-state index contributed by atoms with van der Waals surface area (Å²) in [4.78, 5) is 4.58. The fraction of sp³-hybridized carbons (Fsp3) is 0.227. The number of methoxy groups -OCH3 is 1. The van der Waals surface area contributed by atoms with Crippen molar-refractivity contribution in [2.45, 2.75) is 23.7 Å². The Bertz CT molecular complexity index is 1030. The largest absolute Gasteiger partial charge is 0.481 e. The van der Waals surface area contributed by atoms with Gasteiger partial charge in [-0.2, -0.15) is 0 Å². The predicted octanol–water partition coefficient (Wildman–Crippen LogP) is 4.91. The minimum atomic E-state index is -3.23. The lowest BCUT2D eigenvalue weighted by Crippen LogP contribution is -2.05. The molecule has 0 fully saturated rings. The van der Waals surface area contributed by atoms with Gasteiger partial charge in [0.25, 0.3) is 0 Å². The van der Waals surface area contributed by atoms with Crippen LogP contribution in [0.25, 0.3) is 0 Å². The minimum absolute atomic E-state index is 0.0458. The van der Waals surface area contributed by atoms with Gasteiger partial charge >= 0.3 is 0 Å². The summed E-state index contributed by atoms with van der Waals surface area (Å²) < 4.78 is 28.6. The molecule has 0 radical (unpaired) electrons. The number of halogens is 1. The number of sulfone groups is 1. The standard InChI is InChI=1S/C22H22ClNO3S/c1-27-22-14-8-16(15-24-22)7-13-19(20-5-3-4-6-21(20)23)17-9-11-18(12-10-17)28(2,25)26/h3-6,8-12,14-15,19H,7,13H2,1-2H3. The molecule has 1 atom stereocenters. The summed E-state index contributed by atoms with van der Waals surface area (Å²) in [6.07, 6.45) is 4.65. The van der Waals surface area contributed by atoms with Crippen LogP contribution in [-0.2, 0) is 16.3 Å². The van der Waals surface area contributed by atoms with Crippen LogP contribution < -0.4 is 4.74 Å². The molecule has 6 heteroatoms. The molecule has 0 bridgehead atoms. The van der Waals surface area contributed by atoms with Gasteiger partial charge in [-0.25, -0.2) is 13.4 Å². The van der Waals surface area contributed by atoms with Crippen molar-refractivity contribution in [2.75, 3.05) is 13.4 Å². The smallest absolute Gasteiger partial charge is 0.212 e. The lowest BCUT2D eigenvalue weighted by molar-refractivity contribution is 0.397. The Hall–Kier alpha value is -2.37. The van der Waals surface area contributed by atoms with Crippen molar-refractivity contribution < 1.29 is 13.2 Å². The van der Waals surface area contributed by atoms with Crippen molar-refractivity contribution in [3.8, 4) is 5.88 Å². The Labute approximate surface area is 171 Å². The van der Waals surface area contributed by atoms with Crippen LogP contribution in [0.15, 0.2) is 71.8 Å². The highest BCUT2D eigenvalue weighted by Crippen LogP contribution is 2.34. The van der Waals surface area contributed by atoms with E-state index in [1.807, 2.05) is 54.7 Å². The van der Waals surface area contributed by atoms with E-state index in [9.17, 15) is 8.42 Å². The van der Waals surface area contributed by atoms with E-state index in [1.54, 1.807) is 19.2 Å². The molecular formula is C22H22ClNO3S. The lowest BCUT2D eigenvalue weighted by atomic mass is 9.86. The van der Waals surface area contributed by atoms with E-state index in [1.165, 1.54) is 6.26 Å². The molecule has 0 aliphatic heterocycles. The molecule has 28 heavy (non-hydrogen) atoms. The van der Waals surface area contributed by atoms with Gasteiger partial charge in [0.15, 0.2) is 9.84 Å². The number of hydrogen-bond acceptors (Lipinski definition) is 4. The Morgan fingerprint density at radius 2 is 1.75 bits per heavy atom. The molecule has 0 saturated heterocycles. The van der Waals surface area contributed by atoms with E-state index in [4.69, 9.17) is 16.3 Å². The average Bonchev–Trinajstić information content (AvgIpc) is 2.69. The van der Waals surface area contributed by atoms with Crippen LogP contribution in [0.4, 0.5) is 0 Å². The van der Waals surface area contributed by atoms with Gasteiger partial charge in [-0.1, -0.05) is 48.0 Å². The molecule has 1 aromatic heterocycles. The number of aromatic nitrogens is 1. The van der Waals surface area contributed by atoms with Crippen LogP contribution in [0.1, 0.15) is 29.0 Å². The van der Waals surface area contributed by atoms with E-state index in [0.29, 0.717) is 15.8 Å². The summed E-state index contributed by atoms with van der Waals surface area (Å²) in [5, 5.41) is 0.701. The first kappa shape index (κ1) is 20.4. The molecule has 0 amide bonds. The number of hydrogen-bond donors (Lipinski definition) is 0. The third-order valence-corrected chi connectivity index (χ3v) is 6.19. The van der Waals surface area contributed by atoms with Crippen LogP contribution in [-0.4, -0.2) is 26.8 Å². The number of ether oxygens (including phenoxy) is 1. The number of nitrogens with zero attached hydrogens (tertiary/aromatic N) is 1. The topological polar surface area (TPSA) is 56.3 Å². The molecule has 0 aliphatic rings. The first-order valence-electron chi connectivity index (χ1n) is 8.92. The van der Waals surface area contributed by atoms with Crippen LogP contribution in [0, 0.1) is 0 Å². The van der Waals surface area contributed by atoms with E-state index in [2.05, 4.69) is 4.98 Å². The second-order valence-electron chi connectivity index (χ2n) is 6.66. The summed E-state index contributed by atoms with van der Waals surface area (Å²) in [7, 11) is -1.63. The quantitative estimate of drug-likeness (QED) is 0.550. The highest BCUT2D eigenvalue weighted by molar-refractivity contribution is 7.90. The van der Waals surface area contributed by atoms with Gasteiger partial charge in [0.2, 0.25) is 5.88 Å². The predicted molar refractivity (Wildman–Crippen MR) is 112 cm³/mol. The molecule has 3 rings (SSSR count). The zero-order valence-corrected chi connectivity index (χ0v) is 17.4. The normalized spacial score (nSPS) is 12.5. The molecule has 0 aliphatic carbocycles. The Balaban J connectivity index is 1.90. The van der Waals surface area contributed by atoms with Crippen molar-refractivity contribution in [1.29, 1.82) is 0 Å². The highest BCUT2D eigenvalue weighted by Gasteiger charge is 2.18. The van der Waals surface area contributed by atoms with Gasteiger partial charge in [-0.15, -0.1) is 0 Å². The van der Waals surface area contributed by atoms with Crippen LogP contribution in [0.5, 0.6) is 5.88 Å². The Morgan fingerprint density at radius 3 is 2.32 bits per heavy atom. The van der Waals surface area contributed by atoms with E-state index in [0.717, 1.165) is 29.5 Å². The third-order valence-electron chi connectivity index (χ3n) is 4.72. The molecule has 3 aromatic rings. The van der Waals surface area contributed by atoms with Crippen molar-refractivity contribution in [2.24, 2.45) is 0 Å². The summed E-state index contributed by atoms with van der Waals surface area (Å²) in [5.41, 5.74) is 3.16. The maximum Gasteiger partial charge on any atom is 0.212 e. The first-order chi connectivity index (χ1) is 13.4. The first-order valence-corrected chi connectivity index (χ1v) is 11.2. The van der Waals surface area contributed by atoms with Crippen LogP contribution >= 0.6 is 11.6 Å². The summed E-state index contributed by atoms with van der Waals surface area (Å²) in [6, 6.07) is 18.7. The molecule has 1 unspecified atom stereocenters. The summed E-state index contributed by atoms with van der Waals surface area (Å²) in [5.74, 6) is 0.632.